The summed E-state index contributed by atoms with van der Waals surface area (Å²) in [6.45, 7) is 1.12. The zero-order valence-corrected chi connectivity index (χ0v) is 9.09. The molecular formula is C10H18N2O2. The fourth-order valence-electron chi connectivity index (χ4n) is 3.09. The first-order valence-electron chi connectivity index (χ1n) is 5.05. The Kier molecular flexibility index (Phi) is 2.00. The van der Waals surface area contributed by atoms with E-state index in [1.807, 2.05) is 0 Å². The van der Waals surface area contributed by atoms with Gasteiger partial charge in [0.05, 0.1) is 0 Å². The molecule has 3 rings (SSSR count). The first-order valence-corrected chi connectivity index (χ1v) is 5.05. The van der Waals surface area contributed by atoms with E-state index in [0.717, 1.165) is 25.8 Å². The third-order valence-corrected chi connectivity index (χ3v) is 3.26. The number of nitrogens with one attached hydrogen (secondary N) is 1. The number of nitrogens with zero attached hydrogens (tertiary/aromatic N) is 1. The second-order valence-electron chi connectivity index (χ2n) is 5.09. The molecule has 0 unspecified atom stereocenters. The summed E-state index contributed by atoms with van der Waals surface area (Å²) < 4.78 is 5.33. The highest BCUT2D eigenvalue weighted by Gasteiger charge is 2.70. The molecule has 0 saturated heterocycles. The van der Waals surface area contributed by atoms with Gasteiger partial charge in [0.25, 0.3) is 0 Å². The van der Waals surface area contributed by atoms with Crippen LogP contribution in [0.4, 0.5) is 4.79 Å². The second kappa shape index (κ2) is 2.86. The smallest absolute Gasteiger partial charge is 0.407 e. The van der Waals surface area contributed by atoms with Gasteiger partial charge in [-0.1, -0.05) is 0 Å². The Labute approximate surface area is 84.6 Å². The van der Waals surface area contributed by atoms with Crippen molar-refractivity contribution in [3.05, 3.63) is 0 Å². The Morgan fingerprint density at radius 3 is 2.43 bits per heavy atom. The number of amides is 1. The standard InChI is InChI=1S/C10H18N2O2/c1-11-8(13)14-10-4-9(5-10,6-10)7-12(2)3/h4-7H2,1-3H3,(H,11,13). The number of alkyl carbamates (subject to hydrolysis) is 1. The van der Waals surface area contributed by atoms with Gasteiger partial charge in [0, 0.05) is 13.6 Å². The minimum Gasteiger partial charge on any atom is -0.443 e. The summed E-state index contributed by atoms with van der Waals surface area (Å²) in [4.78, 5) is 13.2. The summed E-state index contributed by atoms with van der Waals surface area (Å²) >= 11 is 0. The summed E-state index contributed by atoms with van der Waals surface area (Å²) in [5.41, 5.74) is 0.355. The fraction of sp³-hybridized carbons (Fsp3) is 0.900. The molecule has 3 fully saturated rings. The highest BCUT2D eigenvalue weighted by atomic mass is 16.6. The van der Waals surface area contributed by atoms with Crippen LogP contribution in [0, 0.1) is 5.41 Å². The number of rotatable bonds is 3. The van der Waals surface area contributed by atoms with Crippen LogP contribution in [-0.2, 0) is 4.74 Å². The van der Waals surface area contributed by atoms with Gasteiger partial charge >= 0.3 is 6.09 Å². The molecule has 0 heterocycles. The summed E-state index contributed by atoms with van der Waals surface area (Å²) in [7, 11) is 5.78. The van der Waals surface area contributed by atoms with Crippen LogP contribution in [0.15, 0.2) is 0 Å². The number of ether oxygens (including phenoxy) is 1. The van der Waals surface area contributed by atoms with E-state index < -0.39 is 0 Å². The number of carbonyl (C=O) groups excluding carboxylic acids is 1. The topological polar surface area (TPSA) is 41.6 Å². The Morgan fingerprint density at radius 2 is 2.00 bits per heavy atom. The van der Waals surface area contributed by atoms with Crippen molar-refractivity contribution in [2.45, 2.75) is 24.9 Å². The lowest BCUT2D eigenvalue weighted by Crippen LogP contribution is -2.71. The van der Waals surface area contributed by atoms with Crippen molar-refractivity contribution in [1.29, 1.82) is 0 Å². The summed E-state index contributed by atoms with van der Waals surface area (Å²) in [6, 6.07) is 0. The van der Waals surface area contributed by atoms with Crippen LogP contribution in [-0.4, -0.2) is 44.3 Å². The summed E-state index contributed by atoms with van der Waals surface area (Å²) in [6.07, 6.45) is 2.85. The van der Waals surface area contributed by atoms with Gasteiger partial charge in [-0.3, -0.25) is 0 Å². The maximum atomic E-state index is 11.0. The van der Waals surface area contributed by atoms with Crippen LogP contribution in [0.3, 0.4) is 0 Å². The van der Waals surface area contributed by atoms with Crippen molar-refractivity contribution in [1.82, 2.24) is 10.2 Å². The lowest BCUT2D eigenvalue weighted by atomic mass is 9.41. The van der Waals surface area contributed by atoms with Crippen LogP contribution in [0.1, 0.15) is 19.3 Å². The van der Waals surface area contributed by atoms with Gasteiger partial charge in [0.15, 0.2) is 0 Å². The van der Waals surface area contributed by atoms with Crippen molar-refractivity contribution in [2.75, 3.05) is 27.7 Å². The minimum absolute atomic E-state index is 0.101. The Balaban J connectivity index is 1.79. The molecule has 14 heavy (non-hydrogen) atoms. The van der Waals surface area contributed by atoms with E-state index >= 15 is 0 Å². The lowest BCUT2D eigenvalue weighted by molar-refractivity contribution is -0.260. The van der Waals surface area contributed by atoms with Gasteiger partial charge < -0.3 is 15.0 Å². The van der Waals surface area contributed by atoms with Crippen LogP contribution in [0.2, 0.25) is 0 Å². The molecule has 80 valence electrons. The van der Waals surface area contributed by atoms with E-state index in [9.17, 15) is 4.79 Å². The van der Waals surface area contributed by atoms with Gasteiger partial charge in [0.1, 0.15) is 5.60 Å². The molecule has 4 heteroatoms. The molecule has 0 spiro atoms. The number of hydrogen-bond acceptors (Lipinski definition) is 3. The van der Waals surface area contributed by atoms with Gasteiger partial charge in [0.2, 0.25) is 0 Å². The van der Waals surface area contributed by atoms with Crippen LogP contribution in [0.25, 0.3) is 0 Å². The number of carbonyl (C=O) groups is 1. The third kappa shape index (κ3) is 1.38. The van der Waals surface area contributed by atoms with Crippen LogP contribution < -0.4 is 5.32 Å². The van der Waals surface area contributed by atoms with Crippen LogP contribution >= 0.6 is 0 Å². The molecule has 3 aliphatic rings. The van der Waals surface area contributed by atoms with E-state index in [1.165, 1.54) is 0 Å². The molecule has 0 aromatic carbocycles. The van der Waals surface area contributed by atoms with Gasteiger partial charge in [-0.05, 0) is 38.8 Å². The highest BCUT2D eigenvalue weighted by Crippen LogP contribution is 2.69. The molecule has 1 amide bonds. The maximum Gasteiger partial charge on any atom is 0.407 e. The predicted octanol–water partition coefficient (Wildman–Crippen LogP) is 0.827. The SMILES string of the molecule is CNC(=O)OC12CC(CN(C)C)(C1)C2. The van der Waals surface area contributed by atoms with Crippen molar-refractivity contribution >= 4 is 6.09 Å². The molecule has 3 saturated carbocycles. The molecule has 1 N–H and O–H groups in total. The van der Waals surface area contributed by atoms with E-state index in [1.54, 1.807) is 7.05 Å². The Morgan fingerprint density at radius 1 is 1.43 bits per heavy atom. The molecule has 4 nitrogen and oxygen atoms in total. The normalized spacial score (nSPS) is 38.6. The van der Waals surface area contributed by atoms with Crippen molar-refractivity contribution in [3.63, 3.8) is 0 Å². The van der Waals surface area contributed by atoms with E-state index in [4.69, 9.17) is 4.74 Å². The molecule has 0 aromatic heterocycles. The largest absolute Gasteiger partial charge is 0.443 e. The molecule has 0 aromatic rings. The second-order valence-corrected chi connectivity index (χ2v) is 5.09. The monoisotopic (exact) mass is 198 g/mol. The average Bonchev–Trinajstić information content (AvgIpc) is 1.97. The van der Waals surface area contributed by atoms with Crippen molar-refractivity contribution in [3.8, 4) is 0 Å². The molecular weight excluding hydrogens is 180 g/mol. The third-order valence-electron chi connectivity index (χ3n) is 3.26. The summed E-state index contributed by atoms with van der Waals surface area (Å²) in [5.74, 6) is 0. The maximum absolute atomic E-state index is 11.0. The summed E-state index contributed by atoms with van der Waals surface area (Å²) in [5, 5.41) is 2.50. The lowest BCUT2D eigenvalue weighted by Gasteiger charge is -2.69. The molecule has 0 radical (unpaired) electrons. The van der Waals surface area contributed by atoms with E-state index in [0.29, 0.717) is 5.41 Å². The van der Waals surface area contributed by atoms with Crippen LogP contribution in [0.5, 0.6) is 0 Å². The zero-order chi connectivity index (χ0) is 10.4. The Hall–Kier alpha value is -0.770. The zero-order valence-electron chi connectivity index (χ0n) is 9.09. The van der Waals surface area contributed by atoms with E-state index in [-0.39, 0.29) is 11.7 Å². The van der Waals surface area contributed by atoms with Gasteiger partial charge in [-0.15, -0.1) is 0 Å². The average molecular weight is 198 g/mol. The van der Waals surface area contributed by atoms with E-state index in [2.05, 4.69) is 24.3 Å². The first-order chi connectivity index (χ1) is 6.49. The predicted molar refractivity (Wildman–Crippen MR) is 53.1 cm³/mol. The Bertz CT molecular complexity index is 243. The molecule has 0 atom stereocenters. The van der Waals surface area contributed by atoms with Crippen molar-refractivity contribution < 1.29 is 9.53 Å². The first kappa shape index (κ1) is 9.77. The highest BCUT2D eigenvalue weighted by molar-refractivity contribution is 5.67. The molecule has 2 bridgehead atoms. The van der Waals surface area contributed by atoms with Gasteiger partial charge in [-0.25, -0.2) is 4.79 Å². The molecule has 3 aliphatic carbocycles. The fourth-order valence-corrected chi connectivity index (χ4v) is 3.09. The minimum atomic E-state index is -0.289. The molecule has 0 aliphatic heterocycles. The quantitative estimate of drug-likeness (QED) is 0.730. The van der Waals surface area contributed by atoms with Crippen molar-refractivity contribution in [2.24, 2.45) is 5.41 Å². The number of hydrogen-bond donors (Lipinski definition) is 1. The van der Waals surface area contributed by atoms with Gasteiger partial charge in [-0.2, -0.15) is 0 Å².